The number of piperidine rings is 1. The van der Waals surface area contributed by atoms with E-state index in [0.717, 1.165) is 44.3 Å². The summed E-state index contributed by atoms with van der Waals surface area (Å²) in [6.45, 7) is 4.99. The minimum absolute atomic E-state index is 0.282. The van der Waals surface area contributed by atoms with Gasteiger partial charge in [-0.05, 0) is 51.1 Å². The van der Waals surface area contributed by atoms with E-state index in [-0.39, 0.29) is 5.91 Å². The molecule has 2 rings (SSSR count). The van der Waals surface area contributed by atoms with Crippen LogP contribution < -0.4 is 10.6 Å². The number of amides is 1. The molecule has 2 fully saturated rings. The minimum Gasteiger partial charge on any atom is -0.356 e. The van der Waals surface area contributed by atoms with Crippen molar-refractivity contribution in [2.24, 2.45) is 17.8 Å². The predicted molar refractivity (Wildman–Crippen MR) is 55.9 cm³/mol. The van der Waals surface area contributed by atoms with Crippen LogP contribution in [0, 0.1) is 17.8 Å². The molecule has 80 valence electrons. The molecular formula is C11H20N2O. The van der Waals surface area contributed by atoms with Crippen LogP contribution in [0.4, 0.5) is 0 Å². The maximum atomic E-state index is 11.7. The fourth-order valence-corrected chi connectivity index (χ4v) is 2.92. The Kier molecular flexibility index (Phi) is 3.06. The summed E-state index contributed by atoms with van der Waals surface area (Å²) in [5.41, 5.74) is 0. The van der Waals surface area contributed by atoms with E-state index >= 15 is 0 Å². The lowest BCUT2D eigenvalue weighted by atomic mass is 9.73. The van der Waals surface area contributed by atoms with Crippen LogP contribution in [0.25, 0.3) is 0 Å². The average molecular weight is 196 g/mol. The van der Waals surface area contributed by atoms with Crippen LogP contribution in [0.2, 0.25) is 0 Å². The zero-order valence-electron chi connectivity index (χ0n) is 8.88. The summed E-state index contributed by atoms with van der Waals surface area (Å²) in [4.78, 5) is 11.7. The second kappa shape index (κ2) is 4.30. The minimum atomic E-state index is 0.282. The Hall–Kier alpha value is -0.570. The normalized spacial score (nSPS) is 36.5. The number of hydrogen-bond donors (Lipinski definition) is 2. The van der Waals surface area contributed by atoms with Crippen LogP contribution in [-0.2, 0) is 4.79 Å². The van der Waals surface area contributed by atoms with E-state index in [0.29, 0.717) is 5.92 Å². The molecule has 1 aliphatic carbocycles. The van der Waals surface area contributed by atoms with Gasteiger partial charge in [-0.15, -0.1) is 0 Å². The number of carbonyl (C=O) groups is 1. The molecule has 0 spiro atoms. The molecule has 0 aromatic heterocycles. The van der Waals surface area contributed by atoms with Gasteiger partial charge in [-0.2, -0.15) is 0 Å². The van der Waals surface area contributed by atoms with Crippen LogP contribution in [0.15, 0.2) is 0 Å². The van der Waals surface area contributed by atoms with Gasteiger partial charge in [0.15, 0.2) is 0 Å². The lowest BCUT2D eigenvalue weighted by Crippen LogP contribution is -2.45. The molecule has 14 heavy (non-hydrogen) atoms. The maximum Gasteiger partial charge on any atom is 0.223 e. The zero-order chi connectivity index (χ0) is 9.97. The highest BCUT2D eigenvalue weighted by Gasteiger charge is 2.34. The van der Waals surface area contributed by atoms with E-state index in [9.17, 15) is 4.79 Å². The Morgan fingerprint density at radius 1 is 1.29 bits per heavy atom. The Labute approximate surface area is 85.6 Å². The summed E-state index contributed by atoms with van der Waals surface area (Å²) >= 11 is 0. The lowest BCUT2D eigenvalue weighted by molar-refractivity contribution is -0.127. The average Bonchev–Trinajstić information content (AvgIpc) is 2.17. The Balaban J connectivity index is 1.91. The first-order chi connectivity index (χ1) is 6.79. The molecule has 0 radical (unpaired) electrons. The number of rotatable bonds is 2. The molecule has 2 unspecified atom stereocenters. The number of hydrogen-bond acceptors (Lipinski definition) is 2. The topological polar surface area (TPSA) is 41.1 Å². The van der Waals surface area contributed by atoms with E-state index in [1.807, 2.05) is 6.92 Å². The molecule has 1 heterocycles. The first-order valence-electron chi connectivity index (χ1n) is 5.78. The summed E-state index contributed by atoms with van der Waals surface area (Å²) < 4.78 is 0. The molecule has 1 saturated heterocycles. The van der Waals surface area contributed by atoms with Gasteiger partial charge < -0.3 is 10.6 Å². The van der Waals surface area contributed by atoms with Crippen molar-refractivity contribution in [3.05, 3.63) is 0 Å². The van der Waals surface area contributed by atoms with Crippen molar-refractivity contribution in [2.45, 2.75) is 26.2 Å². The second-order valence-electron chi connectivity index (χ2n) is 4.69. The Bertz CT molecular complexity index is 205. The molecule has 2 atom stereocenters. The van der Waals surface area contributed by atoms with Crippen molar-refractivity contribution >= 4 is 5.91 Å². The first kappa shape index (κ1) is 9.97. The molecule has 0 aromatic rings. The summed E-state index contributed by atoms with van der Waals surface area (Å²) in [7, 11) is 0. The summed E-state index contributed by atoms with van der Waals surface area (Å²) in [6, 6.07) is 0. The van der Waals surface area contributed by atoms with Crippen LogP contribution in [-0.4, -0.2) is 25.5 Å². The van der Waals surface area contributed by atoms with Gasteiger partial charge in [0.2, 0.25) is 5.91 Å². The number of carbonyl (C=O) groups excluding carboxylic acids is 1. The van der Waals surface area contributed by atoms with E-state index in [1.54, 1.807) is 0 Å². The van der Waals surface area contributed by atoms with Crippen molar-refractivity contribution < 1.29 is 4.79 Å². The van der Waals surface area contributed by atoms with Gasteiger partial charge in [-0.25, -0.2) is 0 Å². The van der Waals surface area contributed by atoms with Gasteiger partial charge in [0, 0.05) is 12.5 Å². The summed E-state index contributed by atoms with van der Waals surface area (Å²) in [5, 5.41) is 6.39. The van der Waals surface area contributed by atoms with Crippen LogP contribution >= 0.6 is 0 Å². The monoisotopic (exact) mass is 196 g/mol. The number of nitrogens with one attached hydrogen (secondary N) is 2. The van der Waals surface area contributed by atoms with Gasteiger partial charge in [-0.3, -0.25) is 4.79 Å². The molecule has 0 aromatic carbocycles. The Morgan fingerprint density at radius 2 is 1.93 bits per heavy atom. The van der Waals surface area contributed by atoms with Gasteiger partial charge in [0.1, 0.15) is 0 Å². The zero-order valence-corrected chi connectivity index (χ0v) is 8.88. The fraction of sp³-hybridized carbons (Fsp3) is 0.909. The smallest absolute Gasteiger partial charge is 0.223 e. The summed E-state index contributed by atoms with van der Waals surface area (Å²) in [6.07, 6.45) is 3.52. The molecule has 2 aliphatic rings. The molecule has 2 bridgehead atoms. The lowest BCUT2D eigenvalue weighted by Gasteiger charge is -2.38. The van der Waals surface area contributed by atoms with Gasteiger partial charge >= 0.3 is 0 Å². The second-order valence-corrected chi connectivity index (χ2v) is 4.69. The van der Waals surface area contributed by atoms with E-state index < -0.39 is 0 Å². The van der Waals surface area contributed by atoms with E-state index in [4.69, 9.17) is 0 Å². The molecule has 3 nitrogen and oxygen atoms in total. The van der Waals surface area contributed by atoms with Gasteiger partial charge in [-0.1, -0.05) is 0 Å². The summed E-state index contributed by atoms with van der Waals surface area (Å²) in [5.74, 6) is 2.06. The molecule has 3 heteroatoms. The molecular weight excluding hydrogens is 176 g/mol. The van der Waals surface area contributed by atoms with Crippen molar-refractivity contribution in [1.29, 1.82) is 0 Å². The van der Waals surface area contributed by atoms with Crippen molar-refractivity contribution in [2.75, 3.05) is 19.6 Å². The largest absolute Gasteiger partial charge is 0.356 e. The maximum absolute atomic E-state index is 11.7. The predicted octanol–water partition coefficient (Wildman–Crippen LogP) is 0.758. The highest BCUT2D eigenvalue weighted by molar-refractivity contribution is 5.78. The molecule has 2 N–H and O–H groups in total. The van der Waals surface area contributed by atoms with Crippen molar-refractivity contribution in [1.82, 2.24) is 10.6 Å². The van der Waals surface area contributed by atoms with E-state index in [2.05, 4.69) is 10.6 Å². The van der Waals surface area contributed by atoms with Gasteiger partial charge in [0.25, 0.3) is 0 Å². The number of fused-ring (bicyclic) bond motifs is 2. The SMILES string of the molecule is CCNC(=O)C1CC2CNCC(C2)C1. The Morgan fingerprint density at radius 3 is 2.50 bits per heavy atom. The van der Waals surface area contributed by atoms with Crippen molar-refractivity contribution in [3.8, 4) is 0 Å². The third kappa shape index (κ3) is 2.08. The van der Waals surface area contributed by atoms with Crippen LogP contribution in [0.3, 0.4) is 0 Å². The first-order valence-corrected chi connectivity index (χ1v) is 5.78. The molecule has 1 saturated carbocycles. The van der Waals surface area contributed by atoms with Crippen molar-refractivity contribution in [3.63, 3.8) is 0 Å². The third-order valence-electron chi connectivity index (χ3n) is 3.49. The standard InChI is InChI=1S/C11H20N2O/c1-2-13-11(14)10-4-8-3-9(5-10)7-12-6-8/h8-10,12H,2-7H2,1H3,(H,13,14). The fourth-order valence-electron chi connectivity index (χ4n) is 2.92. The molecule has 1 aliphatic heterocycles. The highest BCUT2D eigenvalue weighted by Crippen LogP contribution is 2.35. The highest BCUT2D eigenvalue weighted by atomic mass is 16.1. The van der Waals surface area contributed by atoms with E-state index in [1.165, 1.54) is 6.42 Å². The molecule has 1 amide bonds. The quantitative estimate of drug-likeness (QED) is 0.684. The third-order valence-corrected chi connectivity index (χ3v) is 3.49. The van der Waals surface area contributed by atoms with Crippen LogP contribution in [0.5, 0.6) is 0 Å². The van der Waals surface area contributed by atoms with Crippen LogP contribution in [0.1, 0.15) is 26.2 Å². The van der Waals surface area contributed by atoms with Gasteiger partial charge in [0.05, 0.1) is 0 Å².